The van der Waals surface area contributed by atoms with Crippen molar-refractivity contribution in [3.05, 3.63) is 0 Å². The van der Waals surface area contributed by atoms with Crippen LogP contribution >= 0.6 is 0 Å². The highest BCUT2D eigenvalue weighted by Crippen LogP contribution is 2.00. The Morgan fingerprint density at radius 3 is 2.38 bits per heavy atom. The Morgan fingerprint density at radius 2 is 2.00 bits per heavy atom. The molecule has 3 nitrogen and oxygen atoms in total. The standard InChI is InChI=1S/C10H24N2O/c1-5-6-12(9(2)3)7-10(11)8-13-4/h9-10H,5-8,11H2,1-4H3. The van der Waals surface area contributed by atoms with Gasteiger partial charge < -0.3 is 10.5 Å². The molecule has 0 saturated carbocycles. The molecule has 0 amide bonds. The average Bonchev–Trinajstić information content (AvgIpc) is 2.04. The van der Waals surface area contributed by atoms with Gasteiger partial charge in [-0.1, -0.05) is 6.92 Å². The molecule has 1 unspecified atom stereocenters. The van der Waals surface area contributed by atoms with E-state index in [-0.39, 0.29) is 6.04 Å². The Bertz CT molecular complexity index is 117. The first-order valence-corrected chi connectivity index (χ1v) is 5.10. The van der Waals surface area contributed by atoms with Crippen molar-refractivity contribution in [3.63, 3.8) is 0 Å². The van der Waals surface area contributed by atoms with E-state index >= 15 is 0 Å². The van der Waals surface area contributed by atoms with Crippen LogP contribution in [-0.2, 0) is 4.74 Å². The molecule has 0 aliphatic rings. The molecule has 2 N–H and O–H groups in total. The summed E-state index contributed by atoms with van der Waals surface area (Å²) in [6.07, 6.45) is 1.18. The Balaban J connectivity index is 3.79. The normalized spacial score (nSPS) is 14.1. The number of methoxy groups -OCH3 is 1. The van der Waals surface area contributed by atoms with Gasteiger partial charge in [0.15, 0.2) is 0 Å². The lowest BCUT2D eigenvalue weighted by Gasteiger charge is -2.28. The summed E-state index contributed by atoms with van der Waals surface area (Å²) < 4.78 is 5.01. The molecular formula is C10H24N2O. The summed E-state index contributed by atoms with van der Waals surface area (Å²) in [5.74, 6) is 0. The van der Waals surface area contributed by atoms with Crippen LogP contribution in [0.1, 0.15) is 27.2 Å². The highest BCUT2D eigenvalue weighted by molar-refractivity contribution is 4.70. The molecule has 0 spiro atoms. The monoisotopic (exact) mass is 188 g/mol. The summed E-state index contributed by atoms with van der Waals surface area (Å²) in [6.45, 7) is 9.29. The van der Waals surface area contributed by atoms with E-state index in [2.05, 4.69) is 25.7 Å². The van der Waals surface area contributed by atoms with Crippen LogP contribution in [0.3, 0.4) is 0 Å². The van der Waals surface area contributed by atoms with Gasteiger partial charge in [0.25, 0.3) is 0 Å². The Morgan fingerprint density at radius 1 is 1.38 bits per heavy atom. The smallest absolute Gasteiger partial charge is 0.0626 e. The Labute approximate surface area is 82.2 Å². The fourth-order valence-electron chi connectivity index (χ4n) is 1.42. The maximum Gasteiger partial charge on any atom is 0.0626 e. The highest BCUT2D eigenvalue weighted by Gasteiger charge is 2.12. The maximum atomic E-state index is 5.89. The molecule has 0 bridgehead atoms. The number of ether oxygens (including phenoxy) is 1. The molecule has 0 radical (unpaired) electrons. The summed E-state index contributed by atoms with van der Waals surface area (Å²) in [6, 6.07) is 0.710. The fourth-order valence-corrected chi connectivity index (χ4v) is 1.42. The summed E-state index contributed by atoms with van der Waals surface area (Å²) in [7, 11) is 1.69. The zero-order valence-electron chi connectivity index (χ0n) is 9.42. The minimum Gasteiger partial charge on any atom is -0.383 e. The lowest BCUT2D eigenvalue weighted by atomic mass is 10.2. The first-order chi connectivity index (χ1) is 6.11. The second kappa shape index (κ2) is 7.30. The van der Waals surface area contributed by atoms with Crippen LogP contribution in [-0.4, -0.2) is 43.8 Å². The van der Waals surface area contributed by atoms with Gasteiger partial charge in [-0.3, -0.25) is 4.90 Å². The average molecular weight is 188 g/mol. The van der Waals surface area contributed by atoms with E-state index < -0.39 is 0 Å². The highest BCUT2D eigenvalue weighted by atomic mass is 16.5. The SMILES string of the molecule is CCCN(CC(N)COC)C(C)C. The predicted molar refractivity (Wildman–Crippen MR) is 56.9 cm³/mol. The van der Waals surface area contributed by atoms with E-state index in [9.17, 15) is 0 Å². The summed E-state index contributed by atoms with van der Waals surface area (Å²) >= 11 is 0. The zero-order chi connectivity index (χ0) is 10.3. The van der Waals surface area contributed by atoms with Crippen LogP contribution in [0.15, 0.2) is 0 Å². The minimum absolute atomic E-state index is 0.138. The van der Waals surface area contributed by atoms with Gasteiger partial charge in [-0.2, -0.15) is 0 Å². The third-order valence-electron chi connectivity index (χ3n) is 2.09. The van der Waals surface area contributed by atoms with Crippen LogP contribution in [0.5, 0.6) is 0 Å². The molecule has 0 rings (SSSR count). The number of hydrogen-bond donors (Lipinski definition) is 1. The second-order valence-corrected chi connectivity index (χ2v) is 3.80. The van der Waals surface area contributed by atoms with Gasteiger partial charge in [0, 0.05) is 25.7 Å². The third kappa shape index (κ3) is 6.02. The summed E-state index contributed by atoms with van der Waals surface area (Å²) in [5.41, 5.74) is 5.89. The van der Waals surface area contributed by atoms with Crippen molar-refractivity contribution in [3.8, 4) is 0 Å². The lowest BCUT2D eigenvalue weighted by molar-refractivity contribution is 0.140. The molecule has 0 aromatic rings. The molecule has 1 atom stereocenters. The zero-order valence-corrected chi connectivity index (χ0v) is 9.42. The molecule has 0 aliphatic heterocycles. The molecular weight excluding hydrogens is 164 g/mol. The second-order valence-electron chi connectivity index (χ2n) is 3.80. The molecule has 0 saturated heterocycles. The molecule has 0 aliphatic carbocycles. The molecule has 0 aromatic heterocycles. The van der Waals surface area contributed by atoms with E-state index in [4.69, 9.17) is 10.5 Å². The van der Waals surface area contributed by atoms with Gasteiger partial charge in [-0.15, -0.1) is 0 Å². The Kier molecular flexibility index (Phi) is 7.23. The van der Waals surface area contributed by atoms with Gasteiger partial charge in [0.05, 0.1) is 6.61 Å². The molecule has 80 valence electrons. The van der Waals surface area contributed by atoms with E-state index in [0.29, 0.717) is 12.6 Å². The molecule has 3 heteroatoms. The van der Waals surface area contributed by atoms with Crippen molar-refractivity contribution in [2.45, 2.75) is 39.3 Å². The number of hydrogen-bond acceptors (Lipinski definition) is 3. The minimum atomic E-state index is 0.138. The van der Waals surface area contributed by atoms with E-state index in [1.54, 1.807) is 7.11 Å². The van der Waals surface area contributed by atoms with Crippen molar-refractivity contribution in [2.75, 3.05) is 26.8 Å². The maximum absolute atomic E-state index is 5.89. The third-order valence-corrected chi connectivity index (χ3v) is 2.09. The number of nitrogens with zero attached hydrogens (tertiary/aromatic N) is 1. The van der Waals surface area contributed by atoms with Crippen molar-refractivity contribution < 1.29 is 4.74 Å². The fraction of sp³-hybridized carbons (Fsp3) is 1.00. The molecule has 0 fully saturated rings. The molecule has 0 aromatic carbocycles. The summed E-state index contributed by atoms with van der Waals surface area (Å²) in [5, 5.41) is 0. The van der Waals surface area contributed by atoms with Gasteiger partial charge in [-0.05, 0) is 26.8 Å². The number of rotatable bonds is 7. The van der Waals surface area contributed by atoms with E-state index in [0.717, 1.165) is 13.1 Å². The van der Waals surface area contributed by atoms with Crippen LogP contribution < -0.4 is 5.73 Å². The van der Waals surface area contributed by atoms with Crippen LogP contribution in [0.25, 0.3) is 0 Å². The largest absolute Gasteiger partial charge is 0.383 e. The topological polar surface area (TPSA) is 38.5 Å². The van der Waals surface area contributed by atoms with Crippen molar-refractivity contribution >= 4 is 0 Å². The molecule has 13 heavy (non-hydrogen) atoms. The first-order valence-electron chi connectivity index (χ1n) is 5.10. The van der Waals surface area contributed by atoms with E-state index in [1.807, 2.05) is 0 Å². The van der Waals surface area contributed by atoms with E-state index in [1.165, 1.54) is 6.42 Å². The van der Waals surface area contributed by atoms with Gasteiger partial charge in [-0.25, -0.2) is 0 Å². The quantitative estimate of drug-likeness (QED) is 0.650. The van der Waals surface area contributed by atoms with Gasteiger partial charge in [0.1, 0.15) is 0 Å². The lowest BCUT2D eigenvalue weighted by Crippen LogP contribution is -2.43. The summed E-state index contributed by atoms with van der Waals surface area (Å²) in [4.78, 5) is 2.39. The van der Waals surface area contributed by atoms with Crippen molar-refractivity contribution in [1.82, 2.24) is 4.90 Å². The van der Waals surface area contributed by atoms with Gasteiger partial charge >= 0.3 is 0 Å². The predicted octanol–water partition coefficient (Wildman–Crippen LogP) is 1.08. The molecule has 0 heterocycles. The van der Waals surface area contributed by atoms with Crippen LogP contribution in [0, 0.1) is 0 Å². The van der Waals surface area contributed by atoms with Crippen LogP contribution in [0.2, 0.25) is 0 Å². The Hall–Kier alpha value is -0.120. The van der Waals surface area contributed by atoms with Gasteiger partial charge in [0.2, 0.25) is 0 Å². The number of nitrogens with two attached hydrogens (primary N) is 1. The van der Waals surface area contributed by atoms with Crippen molar-refractivity contribution in [2.24, 2.45) is 5.73 Å². The van der Waals surface area contributed by atoms with Crippen LogP contribution in [0.4, 0.5) is 0 Å². The van der Waals surface area contributed by atoms with Crippen molar-refractivity contribution in [1.29, 1.82) is 0 Å². The first kappa shape index (κ1) is 12.9.